The van der Waals surface area contributed by atoms with Gasteiger partial charge in [0, 0.05) is 5.92 Å². The minimum atomic E-state index is -1.45. The van der Waals surface area contributed by atoms with Crippen LogP contribution in [0.5, 0.6) is 0 Å². The van der Waals surface area contributed by atoms with Gasteiger partial charge in [0.2, 0.25) is 0 Å². The fourth-order valence-electron chi connectivity index (χ4n) is 3.14. The zero-order valence-electron chi connectivity index (χ0n) is 8.08. The SMILES string of the molecule is CC1(C)[C@@H]2CC[C@](O)(C(=O)O)[C@@H]1C2. The lowest BCUT2D eigenvalue weighted by atomic mass is 9.44. The lowest BCUT2D eigenvalue weighted by molar-refractivity contribution is -0.217. The van der Waals surface area contributed by atoms with Crippen molar-refractivity contribution in [3.05, 3.63) is 0 Å². The summed E-state index contributed by atoms with van der Waals surface area (Å²) in [5.41, 5.74) is -1.43. The van der Waals surface area contributed by atoms with Crippen molar-refractivity contribution in [3.63, 3.8) is 0 Å². The molecule has 0 saturated heterocycles. The van der Waals surface area contributed by atoms with Crippen LogP contribution in [0, 0.1) is 17.3 Å². The molecule has 0 unspecified atom stereocenters. The topological polar surface area (TPSA) is 57.5 Å². The van der Waals surface area contributed by atoms with Crippen molar-refractivity contribution in [1.29, 1.82) is 0 Å². The standard InChI is InChI=1S/C10H16O3/c1-9(2)6-3-4-10(13,8(11)12)7(9)5-6/h6-7,13H,3-5H2,1-2H3,(H,11,12)/t6-,7-,10-/m1/s1. The fourth-order valence-corrected chi connectivity index (χ4v) is 3.14. The van der Waals surface area contributed by atoms with Crippen LogP contribution in [0.25, 0.3) is 0 Å². The molecular weight excluding hydrogens is 168 g/mol. The summed E-state index contributed by atoms with van der Waals surface area (Å²) in [6.07, 6.45) is 2.17. The van der Waals surface area contributed by atoms with E-state index >= 15 is 0 Å². The monoisotopic (exact) mass is 184 g/mol. The summed E-state index contributed by atoms with van der Waals surface area (Å²) in [6, 6.07) is 0. The van der Waals surface area contributed by atoms with Crippen molar-refractivity contribution < 1.29 is 15.0 Å². The fraction of sp³-hybridized carbons (Fsp3) is 0.900. The van der Waals surface area contributed by atoms with Crippen LogP contribution in [0.15, 0.2) is 0 Å². The molecular formula is C10H16O3. The number of aliphatic carboxylic acids is 1. The molecule has 3 aliphatic carbocycles. The van der Waals surface area contributed by atoms with E-state index in [1.807, 2.05) is 0 Å². The van der Waals surface area contributed by atoms with E-state index < -0.39 is 11.6 Å². The first-order valence-corrected chi connectivity index (χ1v) is 4.85. The smallest absolute Gasteiger partial charge is 0.335 e. The van der Waals surface area contributed by atoms with Gasteiger partial charge in [0.15, 0.2) is 5.60 Å². The van der Waals surface area contributed by atoms with Crippen molar-refractivity contribution in [3.8, 4) is 0 Å². The molecule has 0 amide bonds. The summed E-state index contributed by atoms with van der Waals surface area (Å²) < 4.78 is 0. The molecule has 3 aliphatic rings. The van der Waals surface area contributed by atoms with Crippen LogP contribution in [0.3, 0.4) is 0 Å². The average Bonchev–Trinajstić information content (AvgIpc) is 2.03. The van der Waals surface area contributed by atoms with E-state index in [1.165, 1.54) is 0 Å². The largest absolute Gasteiger partial charge is 0.479 e. The van der Waals surface area contributed by atoms with Gasteiger partial charge in [-0.3, -0.25) is 0 Å². The van der Waals surface area contributed by atoms with Crippen LogP contribution in [0.1, 0.15) is 33.1 Å². The number of carboxylic acid groups (broad SMARTS) is 1. The molecule has 0 aromatic carbocycles. The highest BCUT2D eigenvalue weighted by Crippen LogP contribution is 2.62. The van der Waals surface area contributed by atoms with Crippen LogP contribution in [0.2, 0.25) is 0 Å². The normalized spacial score (nSPS) is 46.7. The van der Waals surface area contributed by atoms with Crippen LogP contribution < -0.4 is 0 Å². The highest BCUT2D eigenvalue weighted by Gasteiger charge is 2.63. The summed E-state index contributed by atoms with van der Waals surface area (Å²) in [6.45, 7) is 4.14. The number of fused-ring (bicyclic) bond motifs is 2. The first kappa shape index (κ1) is 9.00. The van der Waals surface area contributed by atoms with Crippen LogP contribution in [-0.4, -0.2) is 21.8 Å². The third-order valence-corrected chi connectivity index (χ3v) is 4.29. The van der Waals surface area contributed by atoms with E-state index in [-0.39, 0.29) is 11.3 Å². The van der Waals surface area contributed by atoms with E-state index in [2.05, 4.69) is 13.8 Å². The summed E-state index contributed by atoms with van der Waals surface area (Å²) in [5.74, 6) is -0.461. The molecule has 0 aromatic rings. The number of carbonyl (C=O) groups is 1. The molecule has 3 atom stereocenters. The molecule has 2 N–H and O–H groups in total. The molecule has 2 bridgehead atoms. The van der Waals surface area contributed by atoms with Gasteiger partial charge in [0.25, 0.3) is 0 Å². The third-order valence-electron chi connectivity index (χ3n) is 4.29. The molecule has 3 saturated carbocycles. The van der Waals surface area contributed by atoms with Gasteiger partial charge in [-0.25, -0.2) is 4.79 Å². The number of hydrogen-bond acceptors (Lipinski definition) is 2. The van der Waals surface area contributed by atoms with Gasteiger partial charge in [0.1, 0.15) is 0 Å². The molecule has 3 rings (SSSR count). The molecule has 74 valence electrons. The number of aliphatic hydroxyl groups is 1. The molecule has 3 fully saturated rings. The van der Waals surface area contributed by atoms with E-state index in [0.717, 1.165) is 12.8 Å². The highest BCUT2D eigenvalue weighted by atomic mass is 16.4. The van der Waals surface area contributed by atoms with Gasteiger partial charge >= 0.3 is 5.97 Å². The molecule has 0 aliphatic heterocycles. The molecule has 3 heteroatoms. The van der Waals surface area contributed by atoms with E-state index in [4.69, 9.17) is 5.11 Å². The van der Waals surface area contributed by atoms with Gasteiger partial charge in [-0.2, -0.15) is 0 Å². The maximum absolute atomic E-state index is 10.9. The molecule has 3 nitrogen and oxygen atoms in total. The first-order valence-electron chi connectivity index (χ1n) is 4.85. The maximum Gasteiger partial charge on any atom is 0.335 e. The minimum absolute atomic E-state index is 0.0192. The number of carboxylic acids is 1. The Morgan fingerprint density at radius 2 is 2.08 bits per heavy atom. The van der Waals surface area contributed by atoms with Crippen molar-refractivity contribution >= 4 is 5.97 Å². The van der Waals surface area contributed by atoms with Crippen molar-refractivity contribution in [1.82, 2.24) is 0 Å². The minimum Gasteiger partial charge on any atom is -0.479 e. The van der Waals surface area contributed by atoms with Crippen LogP contribution in [0.4, 0.5) is 0 Å². The van der Waals surface area contributed by atoms with E-state index in [9.17, 15) is 9.90 Å². The van der Waals surface area contributed by atoms with Gasteiger partial charge in [-0.15, -0.1) is 0 Å². The Bertz CT molecular complexity index is 257. The Balaban J connectivity index is 2.29. The molecule has 0 radical (unpaired) electrons. The van der Waals surface area contributed by atoms with Gasteiger partial charge in [0.05, 0.1) is 0 Å². The zero-order valence-corrected chi connectivity index (χ0v) is 8.08. The average molecular weight is 184 g/mol. The molecule has 0 aromatic heterocycles. The lowest BCUT2D eigenvalue weighted by Gasteiger charge is -2.61. The second-order valence-corrected chi connectivity index (χ2v) is 5.07. The third kappa shape index (κ3) is 0.909. The quantitative estimate of drug-likeness (QED) is 0.645. The Morgan fingerprint density at radius 1 is 1.46 bits per heavy atom. The van der Waals surface area contributed by atoms with Gasteiger partial charge < -0.3 is 10.2 Å². The van der Waals surface area contributed by atoms with E-state index in [0.29, 0.717) is 12.3 Å². The Labute approximate surface area is 77.8 Å². The highest BCUT2D eigenvalue weighted by molar-refractivity contribution is 5.78. The van der Waals surface area contributed by atoms with Crippen molar-refractivity contribution in [2.75, 3.05) is 0 Å². The second kappa shape index (κ2) is 2.27. The Hall–Kier alpha value is -0.570. The van der Waals surface area contributed by atoms with Crippen LogP contribution >= 0.6 is 0 Å². The lowest BCUT2D eigenvalue weighted by Crippen LogP contribution is -2.64. The Kier molecular flexibility index (Phi) is 1.57. The van der Waals surface area contributed by atoms with Crippen molar-refractivity contribution in [2.24, 2.45) is 17.3 Å². The summed E-state index contributed by atoms with van der Waals surface area (Å²) in [5, 5.41) is 19.0. The maximum atomic E-state index is 10.9. The van der Waals surface area contributed by atoms with Gasteiger partial charge in [-0.1, -0.05) is 13.8 Å². The second-order valence-electron chi connectivity index (χ2n) is 5.07. The molecule has 0 heterocycles. The summed E-state index contributed by atoms with van der Waals surface area (Å²) in [7, 11) is 0. The predicted octanol–water partition coefficient (Wildman–Crippen LogP) is 1.26. The number of rotatable bonds is 1. The zero-order chi connectivity index (χ0) is 9.85. The Morgan fingerprint density at radius 3 is 2.38 bits per heavy atom. The van der Waals surface area contributed by atoms with Gasteiger partial charge in [-0.05, 0) is 30.6 Å². The summed E-state index contributed by atoms with van der Waals surface area (Å²) >= 11 is 0. The van der Waals surface area contributed by atoms with E-state index in [1.54, 1.807) is 0 Å². The summed E-state index contributed by atoms with van der Waals surface area (Å²) in [4.78, 5) is 10.9. The predicted molar refractivity (Wildman–Crippen MR) is 47.2 cm³/mol. The first-order chi connectivity index (χ1) is 5.89. The number of hydrogen-bond donors (Lipinski definition) is 2. The molecule has 13 heavy (non-hydrogen) atoms. The van der Waals surface area contributed by atoms with Crippen molar-refractivity contribution in [2.45, 2.75) is 38.7 Å². The molecule has 0 spiro atoms. The van der Waals surface area contributed by atoms with Crippen LogP contribution in [-0.2, 0) is 4.79 Å².